The first-order valence-corrected chi connectivity index (χ1v) is 10.7. The van der Waals surface area contributed by atoms with Crippen molar-refractivity contribution in [2.24, 2.45) is 0 Å². The van der Waals surface area contributed by atoms with Gasteiger partial charge in [0.05, 0.1) is 24.1 Å². The summed E-state index contributed by atoms with van der Waals surface area (Å²) in [6, 6.07) is 25.3. The van der Waals surface area contributed by atoms with E-state index in [0.717, 1.165) is 10.8 Å². The van der Waals surface area contributed by atoms with Crippen LogP contribution in [0.15, 0.2) is 95.9 Å². The van der Waals surface area contributed by atoms with Crippen LogP contribution >= 0.6 is 0 Å². The number of methoxy groups -OCH3 is 1. The Kier molecular flexibility index (Phi) is 5.66. The number of hydrogen-bond acceptors (Lipinski definition) is 5. The number of aromatic nitrogens is 2. The highest BCUT2D eigenvalue weighted by Crippen LogP contribution is 2.29. The summed E-state index contributed by atoms with van der Waals surface area (Å²) in [5.74, 6) is 0.609. The third-order valence-electron chi connectivity index (χ3n) is 5.45. The van der Waals surface area contributed by atoms with Gasteiger partial charge in [-0.15, -0.1) is 0 Å². The maximum absolute atomic E-state index is 13.3. The minimum atomic E-state index is -0.336. The van der Waals surface area contributed by atoms with Crippen LogP contribution in [0.1, 0.15) is 16.1 Å². The number of amides is 1. The molecule has 2 aromatic heterocycles. The summed E-state index contributed by atoms with van der Waals surface area (Å²) in [7, 11) is 1.55. The van der Waals surface area contributed by atoms with Crippen LogP contribution in [0.25, 0.3) is 16.4 Å². The van der Waals surface area contributed by atoms with Gasteiger partial charge in [0.25, 0.3) is 11.5 Å². The van der Waals surface area contributed by atoms with E-state index in [4.69, 9.17) is 9.47 Å². The van der Waals surface area contributed by atoms with Crippen LogP contribution in [0, 0.1) is 0 Å². The predicted molar refractivity (Wildman–Crippen MR) is 131 cm³/mol. The molecule has 0 radical (unpaired) electrons. The number of nitrogens with one attached hydrogen (secondary N) is 1. The fraction of sp³-hybridized carbons (Fsp3) is 0.0741. The first kappa shape index (κ1) is 21.2. The second-order valence-electron chi connectivity index (χ2n) is 7.65. The van der Waals surface area contributed by atoms with Crippen molar-refractivity contribution in [3.05, 3.63) is 113 Å². The van der Waals surface area contributed by atoms with Crippen molar-refractivity contribution >= 4 is 28.0 Å². The molecule has 0 saturated heterocycles. The Morgan fingerprint density at radius 2 is 1.65 bits per heavy atom. The number of nitrogens with zero attached hydrogens (tertiary/aromatic N) is 2. The summed E-state index contributed by atoms with van der Waals surface area (Å²) in [4.78, 5) is 30.2. The van der Waals surface area contributed by atoms with E-state index in [2.05, 4.69) is 10.3 Å². The van der Waals surface area contributed by atoms with Gasteiger partial charge < -0.3 is 14.8 Å². The van der Waals surface area contributed by atoms with Gasteiger partial charge in [-0.25, -0.2) is 4.98 Å². The zero-order valence-electron chi connectivity index (χ0n) is 18.4. The Morgan fingerprint density at radius 3 is 2.47 bits per heavy atom. The van der Waals surface area contributed by atoms with Crippen molar-refractivity contribution in [2.75, 3.05) is 12.4 Å². The molecule has 0 aliphatic heterocycles. The minimum Gasteiger partial charge on any atom is -0.495 e. The lowest BCUT2D eigenvalue weighted by Crippen LogP contribution is -2.17. The van der Waals surface area contributed by atoms with Crippen LogP contribution in [-0.4, -0.2) is 22.4 Å². The molecule has 1 N–H and O–H groups in total. The van der Waals surface area contributed by atoms with Crippen LogP contribution < -0.4 is 20.3 Å². The summed E-state index contributed by atoms with van der Waals surface area (Å²) in [6.45, 7) is 0.0356. The van der Waals surface area contributed by atoms with Gasteiger partial charge in [-0.2, -0.15) is 0 Å². The van der Waals surface area contributed by atoms with Crippen molar-refractivity contribution in [1.29, 1.82) is 0 Å². The number of benzene rings is 3. The van der Waals surface area contributed by atoms with Gasteiger partial charge in [-0.1, -0.05) is 42.5 Å². The van der Waals surface area contributed by atoms with Crippen LogP contribution in [0.5, 0.6) is 11.5 Å². The molecule has 0 spiro atoms. The van der Waals surface area contributed by atoms with Crippen LogP contribution in [0.2, 0.25) is 0 Å². The molecule has 3 aromatic carbocycles. The molecular formula is C27H21N3O4. The quantitative estimate of drug-likeness (QED) is 0.405. The maximum Gasteiger partial charge on any atom is 0.259 e. The number of pyridine rings is 1. The number of hydrogen-bond donors (Lipinski definition) is 1. The average Bonchev–Trinajstić information content (AvgIpc) is 2.87. The third kappa shape index (κ3) is 4.19. The van der Waals surface area contributed by atoms with Crippen molar-refractivity contribution in [1.82, 2.24) is 9.38 Å². The fourth-order valence-corrected chi connectivity index (χ4v) is 3.78. The Bertz CT molecular complexity index is 1580. The van der Waals surface area contributed by atoms with Crippen molar-refractivity contribution < 1.29 is 14.3 Å². The van der Waals surface area contributed by atoms with Crippen molar-refractivity contribution in [3.63, 3.8) is 0 Å². The van der Waals surface area contributed by atoms with Gasteiger partial charge >= 0.3 is 0 Å². The normalized spacial score (nSPS) is 10.9. The van der Waals surface area contributed by atoms with Gasteiger partial charge in [-0.3, -0.25) is 14.0 Å². The smallest absolute Gasteiger partial charge is 0.259 e. The molecular weight excluding hydrogens is 430 g/mol. The molecule has 0 unspecified atom stereocenters. The second kappa shape index (κ2) is 9.07. The number of carbonyl (C=O) groups is 1. The lowest BCUT2D eigenvalue weighted by Gasteiger charge is -2.15. The van der Waals surface area contributed by atoms with Crippen molar-refractivity contribution in [2.45, 2.75) is 6.61 Å². The Balaban J connectivity index is 1.49. The Hall–Kier alpha value is -4.65. The van der Waals surface area contributed by atoms with E-state index in [9.17, 15) is 9.59 Å². The maximum atomic E-state index is 13.3. The van der Waals surface area contributed by atoms with E-state index in [-0.39, 0.29) is 18.1 Å². The molecule has 0 atom stereocenters. The molecule has 1 amide bonds. The summed E-state index contributed by atoms with van der Waals surface area (Å²) in [5.41, 5.74) is 1.72. The first-order valence-electron chi connectivity index (χ1n) is 10.7. The molecule has 0 aliphatic carbocycles. The van der Waals surface area contributed by atoms with E-state index in [1.165, 1.54) is 10.5 Å². The highest BCUT2D eigenvalue weighted by molar-refractivity contribution is 6.09. The van der Waals surface area contributed by atoms with Gasteiger partial charge in [0.15, 0.2) is 0 Å². The highest BCUT2D eigenvalue weighted by Gasteiger charge is 2.17. The summed E-state index contributed by atoms with van der Waals surface area (Å²) in [5, 5.41) is 4.73. The molecule has 168 valence electrons. The number of fused-ring (bicyclic) bond motifs is 2. The lowest BCUT2D eigenvalue weighted by molar-refractivity contribution is 0.102. The predicted octanol–water partition coefficient (Wildman–Crippen LogP) is 4.69. The molecule has 0 saturated carbocycles. The van der Waals surface area contributed by atoms with Gasteiger partial charge in [0, 0.05) is 12.3 Å². The summed E-state index contributed by atoms with van der Waals surface area (Å²) < 4.78 is 12.9. The molecule has 7 nitrogen and oxygen atoms in total. The van der Waals surface area contributed by atoms with Gasteiger partial charge in [0.1, 0.15) is 23.8 Å². The van der Waals surface area contributed by atoms with Gasteiger partial charge in [0.2, 0.25) is 0 Å². The Morgan fingerprint density at radius 1 is 0.912 bits per heavy atom. The number of anilines is 1. The monoisotopic (exact) mass is 451 g/mol. The van der Waals surface area contributed by atoms with Crippen LogP contribution in [-0.2, 0) is 6.61 Å². The van der Waals surface area contributed by atoms with E-state index in [1.807, 2.05) is 48.5 Å². The third-order valence-corrected chi connectivity index (χ3v) is 5.45. The molecule has 0 bridgehead atoms. The fourth-order valence-electron chi connectivity index (χ4n) is 3.78. The first-order chi connectivity index (χ1) is 16.6. The topological polar surface area (TPSA) is 81.9 Å². The molecule has 0 fully saturated rings. The zero-order valence-corrected chi connectivity index (χ0v) is 18.4. The zero-order chi connectivity index (χ0) is 23.5. The molecule has 34 heavy (non-hydrogen) atoms. The molecule has 5 aromatic rings. The van der Waals surface area contributed by atoms with E-state index < -0.39 is 0 Å². The summed E-state index contributed by atoms with van der Waals surface area (Å²) >= 11 is 0. The second-order valence-corrected chi connectivity index (χ2v) is 7.65. The minimum absolute atomic E-state index is 0.0356. The molecule has 7 heteroatoms. The van der Waals surface area contributed by atoms with Crippen LogP contribution in [0.3, 0.4) is 0 Å². The Labute approximate surface area is 195 Å². The SMILES string of the molecule is COc1ccccc1NC(=O)c1cc2ccccc2cc1OCc1cc(=O)n2ccccc2n1. The highest BCUT2D eigenvalue weighted by atomic mass is 16.5. The van der Waals surface area contributed by atoms with Crippen LogP contribution in [0.4, 0.5) is 5.69 Å². The lowest BCUT2D eigenvalue weighted by atomic mass is 10.0. The average molecular weight is 451 g/mol. The van der Waals surface area contributed by atoms with Crippen molar-refractivity contribution in [3.8, 4) is 11.5 Å². The molecule has 2 heterocycles. The summed E-state index contributed by atoms with van der Waals surface area (Å²) in [6.07, 6.45) is 1.67. The molecule has 5 rings (SSSR count). The van der Waals surface area contributed by atoms with Gasteiger partial charge in [-0.05, 0) is 47.2 Å². The number of carbonyl (C=O) groups excluding carboxylic acids is 1. The number of rotatable bonds is 6. The van der Waals surface area contributed by atoms with E-state index >= 15 is 0 Å². The molecule has 0 aliphatic rings. The number of ether oxygens (including phenoxy) is 2. The van der Waals surface area contributed by atoms with E-state index in [1.54, 1.807) is 43.6 Å². The van der Waals surface area contributed by atoms with E-state index in [0.29, 0.717) is 34.1 Å². The number of para-hydroxylation sites is 2. The largest absolute Gasteiger partial charge is 0.495 e. The standard InChI is InChI=1S/C27H21N3O4/c1-33-23-11-5-4-10-22(23)29-27(32)21-14-18-8-2-3-9-19(18)15-24(21)34-17-20-16-26(31)30-13-7-6-12-25(30)28-20/h2-16H,17H2,1H3,(H,29,32).